The molecule has 0 atom stereocenters. The van der Waals surface area contributed by atoms with E-state index in [2.05, 4.69) is 19.9 Å². The molecule has 1 fully saturated rings. The molecule has 3 rings (SSSR count). The van der Waals surface area contributed by atoms with Crippen molar-refractivity contribution in [1.82, 2.24) is 15.0 Å². The molecule has 88 valence electrons. The maximum atomic E-state index is 5.96. The molecule has 0 N–H and O–H groups in total. The van der Waals surface area contributed by atoms with E-state index in [-0.39, 0.29) is 5.28 Å². The fourth-order valence-electron chi connectivity index (χ4n) is 1.92. The van der Waals surface area contributed by atoms with Gasteiger partial charge in [0.25, 0.3) is 0 Å². The van der Waals surface area contributed by atoms with Gasteiger partial charge in [0.15, 0.2) is 5.82 Å². The topological polar surface area (TPSA) is 41.9 Å². The van der Waals surface area contributed by atoms with Crippen molar-refractivity contribution in [3.8, 4) is 11.4 Å². The molecule has 6 heteroatoms. The lowest BCUT2D eigenvalue weighted by Crippen LogP contribution is -2.21. The molecule has 0 amide bonds. The number of hydrogen-bond donors (Lipinski definition) is 0. The first-order valence-corrected chi connectivity index (χ1v) is 6.84. The van der Waals surface area contributed by atoms with Gasteiger partial charge in [0.2, 0.25) is 11.2 Å². The maximum Gasteiger partial charge on any atom is 0.230 e. The van der Waals surface area contributed by atoms with Crippen LogP contribution in [-0.4, -0.2) is 28.0 Å². The molecule has 4 nitrogen and oxygen atoms in total. The molecule has 0 radical (unpaired) electrons. The lowest BCUT2D eigenvalue weighted by atomic mass is 10.3. The van der Waals surface area contributed by atoms with Crippen molar-refractivity contribution < 1.29 is 0 Å². The SMILES string of the molecule is Clc1nc(-c2ccsc2)nc(N2CCCC2)n1. The van der Waals surface area contributed by atoms with Gasteiger partial charge in [-0.3, -0.25) is 0 Å². The van der Waals surface area contributed by atoms with Crippen molar-refractivity contribution >= 4 is 28.9 Å². The Kier molecular flexibility index (Phi) is 2.94. The monoisotopic (exact) mass is 266 g/mol. The van der Waals surface area contributed by atoms with Gasteiger partial charge >= 0.3 is 0 Å². The Hall–Kier alpha value is -1.20. The van der Waals surface area contributed by atoms with Gasteiger partial charge in [0.1, 0.15) is 0 Å². The average Bonchev–Trinajstić information content (AvgIpc) is 3.02. The van der Waals surface area contributed by atoms with Crippen LogP contribution in [-0.2, 0) is 0 Å². The minimum absolute atomic E-state index is 0.267. The van der Waals surface area contributed by atoms with E-state index in [1.165, 1.54) is 12.8 Å². The molecule has 0 spiro atoms. The number of aromatic nitrogens is 3. The quantitative estimate of drug-likeness (QED) is 0.838. The number of hydrogen-bond acceptors (Lipinski definition) is 5. The van der Waals surface area contributed by atoms with Gasteiger partial charge in [0, 0.05) is 24.0 Å². The van der Waals surface area contributed by atoms with Crippen LogP contribution in [0.5, 0.6) is 0 Å². The molecule has 2 aromatic heterocycles. The van der Waals surface area contributed by atoms with E-state index in [0.717, 1.165) is 18.7 Å². The third-order valence-electron chi connectivity index (χ3n) is 2.76. The molecule has 1 aliphatic heterocycles. The summed E-state index contributed by atoms with van der Waals surface area (Å²) in [6.07, 6.45) is 2.38. The Morgan fingerprint density at radius 3 is 2.71 bits per heavy atom. The van der Waals surface area contributed by atoms with Crippen LogP contribution in [0.2, 0.25) is 5.28 Å². The molecule has 1 aliphatic rings. The van der Waals surface area contributed by atoms with Gasteiger partial charge in [-0.15, -0.1) is 0 Å². The van der Waals surface area contributed by atoms with Crippen LogP contribution >= 0.6 is 22.9 Å². The van der Waals surface area contributed by atoms with E-state index >= 15 is 0 Å². The van der Waals surface area contributed by atoms with Gasteiger partial charge in [-0.05, 0) is 35.9 Å². The third-order valence-corrected chi connectivity index (χ3v) is 3.62. The highest BCUT2D eigenvalue weighted by Gasteiger charge is 2.17. The maximum absolute atomic E-state index is 5.96. The molecule has 2 aromatic rings. The van der Waals surface area contributed by atoms with E-state index < -0.39 is 0 Å². The largest absolute Gasteiger partial charge is 0.341 e. The summed E-state index contributed by atoms with van der Waals surface area (Å²) < 4.78 is 0. The van der Waals surface area contributed by atoms with Crippen LogP contribution in [0.25, 0.3) is 11.4 Å². The van der Waals surface area contributed by atoms with Crippen LogP contribution in [0.15, 0.2) is 16.8 Å². The Labute approximate surface area is 108 Å². The first-order chi connectivity index (χ1) is 8.33. The highest BCUT2D eigenvalue weighted by Crippen LogP contribution is 2.23. The van der Waals surface area contributed by atoms with Crippen molar-refractivity contribution in [3.63, 3.8) is 0 Å². The fraction of sp³-hybridized carbons (Fsp3) is 0.364. The number of halogens is 1. The van der Waals surface area contributed by atoms with Gasteiger partial charge < -0.3 is 4.90 Å². The lowest BCUT2D eigenvalue weighted by molar-refractivity contribution is 0.883. The van der Waals surface area contributed by atoms with E-state index in [1.807, 2.05) is 16.8 Å². The van der Waals surface area contributed by atoms with Crippen LogP contribution in [0.1, 0.15) is 12.8 Å². The van der Waals surface area contributed by atoms with Crippen molar-refractivity contribution in [1.29, 1.82) is 0 Å². The Morgan fingerprint density at radius 1 is 1.18 bits per heavy atom. The summed E-state index contributed by atoms with van der Waals surface area (Å²) in [5.41, 5.74) is 1.000. The van der Waals surface area contributed by atoms with Crippen molar-refractivity contribution in [2.24, 2.45) is 0 Å². The van der Waals surface area contributed by atoms with Crippen LogP contribution in [0, 0.1) is 0 Å². The summed E-state index contributed by atoms with van der Waals surface area (Å²) in [7, 11) is 0. The molecule has 3 heterocycles. The van der Waals surface area contributed by atoms with Crippen molar-refractivity contribution in [2.45, 2.75) is 12.8 Å². The second-order valence-corrected chi connectivity index (χ2v) is 5.05. The minimum atomic E-state index is 0.267. The molecule has 0 unspecified atom stereocenters. The molecule has 1 saturated heterocycles. The molecule has 0 aliphatic carbocycles. The lowest BCUT2D eigenvalue weighted by Gasteiger charge is -2.15. The first kappa shape index (κ1) is 10.9. The second kappa shape index (κ2) is 4.58. The number of nitrogens with zero attached hydrogens (tertiary/aromatic N) is 4. The third kappa shape index (κ3) is 2.25. The smallest absolute Gasteiger partial charge is 0.230 e. The zero-order valence-corrected chi connectivity index (χ0v) is 10.7. The zero-order valence-electron chi connectivity index (χ0n) is 9.14. The Morgan fingerprint density at radius 2 is 2.00 bits per heavy atom. The summed E-state index contributed by atoms with van der Waals surface area (Å²) in [6.45, 7) is 2.01. The molecule has 0 bridgehead atoms. The van der Waals surface area contributed by atoms with Gasteiger partial charge in [-0.2, -0.15) is 26.3 Å². The van der Waals surface area contributed by atoms with Crippen LogP contribution in [0.4, 0.5) is 5.95 Å². The van der Waals surface area contributed by atoms with Crippen molar-refractivity contribution in [2.75, 3.05) is 18.0 Å². The summed E-state index contributed by atoms with van der Waals surface area (Å²) in [5, 5.41) is 4.28. The molecule has 0 aromatic carbocycles. The summed E-state index contributed by atoms with van der Waals surface area (Å²) in [6, 6.07) is 1.99. The van der Waals surface area contributed by atoms with E-state index in [0.29, 0.717) is 11.8 Å². The normalized spacial score (nSPS) is 15.5. The predicted molar refractivity (Wildman–Crippen MR) is 69.6 cm³/mol. The van der Waals surface area contributed by atoms with Gasteiger partial charge in [0.05, 0.1) is 0 Å². The van der Waals surface area contributed by atoms with E-state index in [1.54, 1.807) is 11.3 Å². The van der Waals surface area contributed by atoms with E-state index in [4.69, 9.17) is 11.6 Å². The first-order valence-electron chi connectivity index (χ1n) is 5.52. The summed E-state index contributed by atoms with van der Waals surface area (Å²) >= 11 is 7.58. The predicted octanol–water partition coefficient (Wildman–Crippen LogP) is 2.85. The molecule has 17 heavy (non-hydrogen) atoms. The highest BCUT2D eigenvalue weighted by atomic mass is 35.5. The number of rotatable bonds is 2. The average molecular weight is 267 g/mol. The Balaban J connectivity index is 2.00. The van der Waals surface area contributed by atoms with Crippen LogP contribution < -0.4 is 4.90 Å². The molecular formula is C11H11ClN4S. The van der Waals surface area contributed by atoms with Gasteiger partial charge in [-0.1, -0.05) is 0 Å². The minimum Gasteiger partial charge on any atom is -0.341 e. The second-order valence-electron chi connectivity index (χ2n) is 3.93. The zero-order chi connectivity index (χ0) is 11.7. The molecule has 0 saturated carbocycles. The van der Waals surface area contributed by atoms with Gasteiger partial charge in [-0.25, -0.2) is 0 Å². The van der Waals surface area contributed by atoms with Crippen molar-refractivity contribution in [3.05, 3.63) is 22.1 Å². The summed E-state index contributed by atoms with van der Waals surface area (Å²) in [4.78, 5) is 15.0. The molecular weight excluding hydrogens is 256 g/mol. The fourth-order valence-corrected chi connectivity index (χ4v) is 2.71. The van der Waals surface area contributed by atoms with E-state index in [9.17, 15) is 0 Å². The standard InChI is InChI=1S/C11H11ClN4S/c12-10-13-9(8-3-6-17-7-8)14-11(15-10)16-4-1-2-5-16/h3,6-7H,1-2,4-5H2. The Bertz CT molecular complexity index is 508. The summed E-state index contributed by atoms with van der Waals surface area (Å²) in [5.74, 6) is 1.36. The van der Waals surface area contributed by atoms with Crippen LogP contribution in [0.3, 0.4) is 0 Å². The number of anilines is 1. The highest BCUT2D eigenvalue weighted by molar-refractivity contribution is 7.08. The number of thiophene rings is 1.